The minimum Gasteiger partial charge on any atom is -0.396 e. The lowest BCUT2D eigenvalue weighted by molar-refractivity contribution is -0.114. The minimum atomic E-state index is -0.180. The zero-order chi connectivity index (χ0) is 28.8. The second-order valence-electron chi connectivity index (χ2n) is 14.5. The van der Waals surface area contributed by atoms with Crippen LogP contribution < -0.4 is 0 Å². The standard InChI is InChI=1S/C34H54O4/c1-31(2,23-35)17-11-9-13-25-19-33(5,6)21-27(29(25)37)15-16-28-22-34(7,8)20-26(30(28)38)14-10-12-18-32(3,4)24-36/h19-22,35-36H,9-18,23-24H2,1-8H3. The molecule has 0 aromatic heterocycles. The average molecular weight is 527 g/mol. The number of unbranched alkanes of at least 4 members (excludes halogenated alkanes) is 2. The molecule has 0 unspecified atom stereocenters. The molecule has 0 aromatic carbocycles. The normalized spacial score (nSPS) is 19.6. The van der Waals surface area contributed by atoms with Gasteiger partial charge in [-0.2, -0.15) is 0 Å². The summed E-state index contributed by atoms with van der Waals surface area (Å²) in [6.45, 7) is 17.2. The van der Waals surface area contributed by atoms with Gasteiger partial charge in [-0.05, 0) is 84.5 Å². The van der Waals surface area contributed by atoms with Gasteiger partial charge in [0.2, 0.25) is 0 Å². The van der Waals surface area contributed by atoms with Gasteiger partial charge < -0.3 is 10.2 Å². The Bertz CT molecular complexity index is 902. The second-order valence-corrected chi connectivity index (χ2v) is 14.5. The maximum Gasteiger partial charge on any atom is 0.184 e. The van der Waals surface area contributed by atoms with E-state index in [0.717, 1.165) is 73.7 Å². The summed E-state index contributed by atoms with van der Waals surface area (Å²) in [4.78, 5) is 26.8. The second kappa shape index (κ2) is 13.0. The van der Waals surface area contributed by atoms with Crippen LogP contribution in [0.15, 0.2) is 46.6 Å². The highest BCUT2D eigenvalue weighted by molar-refractivity contribution is 6.11. The number of hydrogen-bond acceptors (Lipinski definition) is 4. The Labute approximate surface area is 232 Å². The number of aliphatic hydroxyl groups excluding tert-OH is 2. The molecule has 0 bridgehead atoms. The highest BCUT2D eigenvalue weighted by Gasteiger charge is 2.30. The molecule has 0 atom stereocenters. The highest BCUT2D eigenvalue weighted by Crippen LogP contribution is 2.37. The summed E-state index contributed by atoms with van der Waals surface area (Å²) in [5.74, 6) is 0.271. The van der Waals surface area contributed by atoms with Crippen molar-refractivity contribution in [2.24, 2.45) is 21.7 Å². The molecule has 0 amide bonds. The number of carbonyl (C=O) groups is 2. The maximum absolute atomic E-state index is 13.4. The number of Topliss-reactive ketones (excluding diaryl/α,β-unsaturated/α-hetero) is 2. The molecular formula is C34H54O4. The van der Waals surface area contributed by atoms with Crippen molar-refractivity contribution in [3.8, 4) is 0 Å². The van der Waals surface area contributed by atoms with Crippen LogP contribution in [0.5, 0.6) is 0 Å². The molecule has 0 aromatic rings. The van der Waals surface area contributed by atoms with Crippen LogP contribution in [0.1, 0.15) is 120 Å². The summed E-state index contributed by atoms with van der Waals surface area (Å²) < 4.78 is 0. The third kappa shape index (κ3) is 10.1. The van der Waals surface area contributed by atoms with E-state index in [-0.39, 0.29) is 46.4 Å². The lowest BCUT2D eigenvalue weighted by atomic mass is 9.75. The van der Waals surface area contributed by atoms with E-state index in [1.54, 1.807) is 0 Å². The number of aliphatic hydroxyl groups is 2. The Hall–Kier alpha value is -1.78. The first-order valence-corrected chi connectivity index (χ1v) is 14.7. The molecule has 0 radical (unpaired) electrons. The van der Waals surface area contributed by atoms with Crippen molar-refractivity contribution in [2.75, 3.05) is 13.2 Å². The fourth-order valence-electron chi connectivity index (χ4n) is 5.56. The van der Waals surface area contributed by atoms with Gasteiger partial charge in [0.05, 0.1) is 0 Å². The Morgan fingerprint density at radius 2 is 0.842 bits per heavy atom. The number of allylic oxidation sites excluding steroid dienone is 8. The first-order valence-electron chi connectivity index (χ1n) is 14.7. The third-order valence-corrected chi connectivity index (χ3v) is 7.97. The zero-order valence-electron chi connectivity index (χ0n) is 25.5. The van der Waals surface area contributed by atoms with E-state index in [9.17, 15) is 19.8 Å². The van der Waals surface area contributed by atoms with E-state index in [0.29, 0.717) is 12.8 Å². The van der Waals surface area contributed by atoms with Crippen molar-refractivity contribution in [3.63, 3.8) is 0 Å². The number of rotatable bonds is 15. The van der Waals surface area contributed by atoms with Crippen LogP contribution in [0.3, 0.4) is 0 Å². The maximum atomic E-state index is 13.4. The van der Waals surface area contributed by atoms with E-state index in [2.05, 4.69) is 79.7 Å². The van der Waals surface area contributed by atoms with Gasteiger partial charge >= 0.3 is 0 Å². The summed E-state index contributed by atoms with van der Waals surface area (Å²) in [7, 11) is 0. The molecule has 2 rings (SSSR count). The number of carbonyl (C=O) groups excluding carboxylic acids is 2. The molecule has 0 fully saturated rings. The Kier molecular flexibility index (Phi) is 11.1. The van der Waals surface area contributed by atoms with Gasteiger partial charge in [0.15, 0.2) is 11.6 Å². The topological polar surface area (TPSA) is 74.6 Å². The van der Waals surface area contributed by atoms with Gasteiger partial charge in [-0.15, -0.1) is 0 Å². The predicted octanol–water partition coefficient (Wildman–Crippen LogP) is 7.85. The van der Waals surface area contributed by atoms with Crippen molar-refractivity contribution in [1.29, 1.82) is 0 Å². The summed E-state index contributed by atoms with van der Waals surface area (Å²) in [5.41, 5.74) is 2.93. The van der Waals surface area contributed by atoms with Crippen LogP contribution in [-0.4, -0.2) is 35.0 Å². The molecule has 0 aliphatic heterocycles. The van der Waals surface area contributed by atoms with E-state index >= 15 is 0 Å². The minimum absolute atomic E-state index is 0.0767. The van der Waals surface area contributed by atoms with E-state index in [4.69, 9.17) is 0 Å². The molecule has 38 heavy (non-hydrogen) atoms. The van der Waals surface area contributed by atoms with Gasteiger partial charge in [-0.25, -0.2) is 0 Å². The molecule has 0 heterocycles. The van der Waals surface area contributed by atoms with Crippen LogP contribution in [0.2, 0.25) is 0 Å². The van der Waals surface area contributed by atoms with Crippen molar-refractivity contribution < 1.29 is 19.8 Å². The molecule has 214 valence electrons. The van der Waals surface area contributed by atoms with Crippen molar-refractivity contribution in [3.05, 3.63) is 46.6 Å². The molecule has 0 spiro atoms. The van der Waals surface area contributed by atoms with Crippen LogP contribution in [0, 0.1) is 21.7 Å². The molecular weight excluding hydrogens is 472 g/mol. The van der Waals surface area contributed by atoms with E-state index < -0.39 is 0 Å². The van der Waals surface area contributed by atoms with E-state index in [1.807, 2.05) is 0 Å². The van der Waals surface area contributed by atoms with Gasteiger partial charge in [0.1, 0.15) is 0 Å². The fraction of sp³-hybridized carbons (Fsp3) is 0.706. The summed E-state index contributed by atoms with van der Waals surface area (Å²) >= 11 is 0. The van der Waals surface area contributed by atoms with Gasteiger partial charge in [-0.1, -0.05) is 92.5 Å². The van der Waals surface area contributed by atoms with Crippen molar-refractivity contribution >= 4 is 11.6 Å². The molecule has 0 saturated heterocycles. The first kappa shape index (κ1) is 32.4. The van der Waals surface area contributed by atoms with Crippen LogP contribution >= 0.6 is 0 Å². The summed E-state index contributed by atoms with van der Waals surface area (Å²) in [6, 6.07) is 0. The molecule has 4 nitrogen and oxygen atoms in total. The van der Waals surface area contributed by atoms with Crippen LogP contribution in [0.4, 0.5) is 0 Å². The van der Waals surface area contributed by atoms with Crippen molar-refractivity contribution in [1.82, 2.24) is 0 Å². The van der Waals surface area contributed by atoms with Crippen molar-refractivity contribution in [2.45, 2.75) is 120 Å². The zero-order valence-corrected chi connectivity index (χ0v) is 25.5. The molecule has 2 aliphatic carbocycles. The Morgan fingerprint density at radius 3 is 1.13 bits per heavy atom. The summed E-state index contributed by atoms with van der Waals surface area (Å²) in [5, 5.41) is 19.0. The van der Waals surface area contributed by atoms with Crippen LogP contribution in [-0.2, 0) is 9.59 Å². The average Bonchev–Trinajstić information content (AvgIpc) is 2.82. The fourth-order valence-corrected chi connectivity index (χ4v) is 5.56. The quantitative estimate of drug-likeness (QED) is 0.213. The SMILES string of the molecule is CC1(C)C=C(CCCCC(C)(C)CO)C(=O)C(CCC2=CC(C)(C)C=C(CCCCC(C)(C)CO)C2=O)=C1. The lowest BCUT2D eigenvalue weighted by Crippen LogP contribution is -2.22. The molecule has 0 saturated carbocycles. The highest BCUT2D eigenvalue weighted by atomic mass is 16.3. The lowest BCUT2D eigenvalue weighted by Gasteiger charge is -2.28. The third-order valence-electron chi connectivity index (χ3n) is 7.97. The molecule has 2 N–H and O–H groups in total. The summed E-state index contributed by atoms with van der Waals surface area (Å²) in [6.07, 6.45) is 16.8. The number of hydrogen-bond donors (Lipinski definition) is 2. The monoisotopic (exact) mass is 526 g/mol. The largest absolute Gasteiger partial charge is 0.396 e. The van der Waals surface area contributed by atoms with Gasteiger partial charge in [0, 0.05) is 24.0 Å². The van der Waals surface area contributed by atoms with E-state index in [1.165, 1.54) is 0 Å². The molecule has 2 aliphatic rings. The predicted molar refractivity (Wildman–Crippen MR) is 158 cm³/mol. The number of ketones is 2. The van der Waals surface area contributed by atoms with Gasteiger partial charge in [-0.3, -0.25) is 9.59 Å². The van der Waals surface area contributed by atoms with Crippen LogP contribution in [0.25, 0.3) is 0 Å². The Morgan fingerprint density at radius 1 is 0.553 bits per heavy atom. The first-order chi connectivity index (χ1) is 17.5. The Balaban J connectivity index is 2.00. The smallest absolute Gasteiger partial charge is 0.184 e. The van der Waals surface area contributed by atoms with Gasteiger partial charge in [0.25, 0.3) is 0 Å². The molecule has 4 heteroatoms.